The second-order valence-corrected chi connectivity index (χ2v) is 10.8. The van der Waals surface area contributed by atoms with Gasteiger partial charge in [0, 0.05) is 17.5 Å². The summed E-state index contributed by atoms with van der Waals surface area (Å²) in [6, 6.07) is 0. The van der Waals surface area contributed by atoms with E-state index < -0.39 is 5.60 Å². The fraction of sp³-hybridized carbons (Fsp3) is 0.586. The minimum atomic E-state index is -0.958. The molecule has 1 heterocycles. The molecule has 0 bridgehead atoms. The number of allylic oxidation sites excluding steroid dienone is 6. The van der Waals surface area contributed by atoms with Gasteiger partial charge in [-0.25, -0.2) is 0 Å². The molecule has 4 rings (SSSR count). The van der Waals surface area contributed by atoms with Gasteiger partial charge in [0.2, 0.25) is 0 Å². The van der Waals surface area contributed by atoms with Crippen LogP contribution in [-0.4, -0.2) is 42.0 Å². The lowest BCUT2D eigenvalue weighted by Gasteiger charge is -2.53. The summed E-state index contributed by atoms with van der Waals surface area (Å²) in [6.45, 7) is 7.68. The molecule has 0 aromatic carbocycles. The molecule has 36 heavy (non-hydrogen) atoms. The monoisotopic (exact) mass is 509 g/mol. The van der Waals surface area contributed by atoms with Crippen LogP contribution >= 0.6 is 12.2 Å². The van der Waals surface area contributed by atoms with Crippen molar-refractivity contribution < 1.29 is 14.6 Å². The molecule has 3 aliphatic carbocycles. The van der Waals surface area contributed by atoms with Crippen LogP contribution in [0.4, 0.5) is 0 Å². The summed E-state index contributed by atoms with van der Waals surface area (Å²) < 4.78 is 11.2. The summed E-state index contributed by atoms with van der Waals surface area (Å²) in [6.07, 6.45) is 15.9. The Morgan fingerprint density at radius 2 is 2.17 bits per heavy atom. The minimum Gasteiger partial charge on any atom is -0.377 e. The molecule has 2 saturated carbocycles. The van der Waals surface area contributed by atoms with Gasteiger partial charge in [0.05, 0.1) is 13.2 Å². The Morgan fingerprint density at radius 1 is 1.36 bits per heavy atom. The topological polar surface area (TPSA) is 89.1 Å². The lowest BCUT2D eigenvalue weighted by molar-refractivity contribution is -0.0551. The van der Waals surface area contributed by atoms with Gasteiger partial charge in [0.25, 0.3) is 0 Å². The maximum absolute atomic E-state index is 11.8. The average molecular weight is 510 g/mol. The Balaban J connectivity index is 1.83. The number of nitrogens with two attached hydrogens (primary N) is 1. The molecule has 0 unspecified atom stereocenters. The highest BCUT2D eigenvalue weighted by atomic mass is 32.1. The molecular formula is C29H39N3O3S. The summed E-state index contributed by atoms with van der Waals surface area (Å²) in [5.41, 5.74) is 12.4. The fourth-order valence-corrected chi connectivity index (χ4v) is 7.18. The number of hydrazone groups is 1. The lowest BCUT2D eigenvalue weighted by atomic mass is 9.51. The first-order chi connectivity index (χ1) is 17.3. The number of nitrogens with zero attached hydrogens (tertiary/aromatic N) is 1. The van der Waals surface area contributed by atoms with Gasteiger partial charge >= 0.3 is 0 Å². The molecule has 1 aliphatic heterocycles. The van der Waals surface area contributed by atoms with E-state index in [1.54, 1.807) is 6.21 Å². The number of fused-ring (bicyclic) bond motifs is 3. The largest absolute Gasteiger partial charge is 0.377 e. The first-order valence-corrected chi connectivity index (χ1v) is 13.4. The number of hydrogen-bond acceptors (Lipinski definition) is 5. The van der Waals surface area contributed by atoms with E-state index in [1.165, 1.54) is 22.3 Å². The molecule has 0 spiro atoms. The van der Waals surface area contributed by atoms with E-state index in [-0.39, 0.29) is 16.4 Å². The third-order valence-electron chi connectivity index (χ3n) is 8.67. The molecule has 0 aromatic rings. The van der Waals surface area contributed by atoms with Gasteiger partial charge in [-0.2, -0.15) is 5.10 Å². The molecular weight excluding hydrogens is 470 g/mol. The van der Waals surface area contributed by atoms with E-state index in [1.807, 2.05) is 6.92 Å². The summed E-state index contributed by atoms with van der Waals surface area (Å²) in [4.78, 5) is 0. The first-order valence-electron chi connectivity index (χ1n) is 13.0. The highest BCUT2D eigenvalue weighted by Gasteiger charge is 2.62. The Kier molecular flexibility index (Phi) is 8.52. The highest BCUT2D eigenvalue weighted by molar-refractivity contribution is 7.80. The standard InChI is InChI=1S/C29H39N3O3S/c1-4-13-29(33)14-10-25-23-9-8-21(11-15-31-32-27(30)36)22(5-2)26(23)24(18-28(25,29)3)20-7-6-16-34-19-35-17-12-20/h6-7,11-12,15,23-25,33H,5,8-10,14,16-19H2,1-3H3,(H3,30,32,36)/b7-6-,20-12+,21-11-,31-15+/t23-,24+,25-,28-,29-/m0/s1. The van der Waals surface area contributed by atoms with E-state index in [0.717, 1.165) is 38.5 Å². The molecule has 194 valence electrons. The molecule has 7 heteroatoms. The summed E-state index contributed by atoms with van der Waals surface area (Å²) in [5.74, 6) is 7.29. The van der Waals surface area contributed by atoms with Crippen molar-refractivity contribution in [1.29, 1.82) is 0 Å². The van der Waals surface area contributed by atoms with Crippen LogP contribution in [0.15, 0.2) is 51.7 Å². The van der Waals surface area contributed by atoms with E-state index in [4.69, 9.17) is 27.4 Å². The van der Waals surface area contributed by atoms with Crippen molar-refractivity contribution in [2.45, 2.75) is 64.9 Å². The Morgan fingerprint density at radius 3 is 2.92 bits per heavy atom. The van der Waals surface area contributed by atoms with Crippen LogP contribution in [0, 0.1) is 35.0 Å². The number of aliphatic hydroxyl groups is 1. The van der Waals surface area contributed by atoms with Gasteiger partial charge in [-0.3, -0.25) is 5.43 Å². The molecule has 4 aliphatic rings. The highest BCUT2D eigenvalue weighted by Crippen LogP contribution is 2.65. The summed E-state index contributed by atoms with van der Waals surface area (Å²) >= 11 is 4.86. The third kappa shape index (κ3) is 5.10. The summed E-state index contributed by atoms with van der Waals surface area (Å²) in [5, 5.41) is 16.1. The average Bonchev–Trinajstić information content (AvgIpc) is 3.19. The van der Waals surface area contributed by atoms with E-state index >= 15 is 0 Å². The van der Waals surface area contributed by atoms with Gasteiger partial charge in [-0.15, -0.1) is 5.92 Å². The summed E-state index contributed by atoms with van der Waals surface area (Å²) in [7, 11) is 0. The zero-order chi connectivity index (χ0) is 25.8. The van der Waals surface area contributed by atoms with Crippen molar-refractivity contribution in [3.05, 3.63) is 46.6 Å². The van der Waals surface area contributed by atoms with E-state index in [2.05, 4.69) is 60.5 Å². The third-order valence-corrected chi connectivity index (χ3v) is 8.76. The van der Waals surface area contributed by atoms with Crippen molar-refractivity contribution >= 4 is 23.5 Å². The maximum Gasteiger partial charge on any atom is 0.184 e. The van der Waals surface area contributed by atoms with Gasteiger partial charge in [-0.1, -0.05) is 43.6 Å². The number of thiocarbonyl (C=S) groups is 1. The molecule has 0 aromatic heterocycles. The molecule has 6 nitrogen and oxygen atoms in total. The smallest absolute Gasteiger partial charge is 0.184 e. The molecule has 0 amide bonds. The predicted molar refractivity (Wildman–Crippen MR) is 148 cm³/mol. The van der Waals surface area contributed by atoms with Crippen LogP contribution < -0.4 is 11.2 Å². The van der Waals surface area contributed by atoms with Crippen LogP contribution in [0.5, 0.6) is 0 Å². The maximum atomic E-state index is 11.8. The van der Waals surface area contributed by atoms with Crippen molar-refractivity contribution in [1.82, 2.24) is 5.43 Å². The molecule has 2 fully saturated rings. The van der Waals surface area contributed by atoms with Gasteiger partial charge in [0.15, 0.2) is 5.11 Å². The van der Waals surface area contributed by atoms with Gasteiger partial charge in [0.1, 0.15) is 12.4 Å². The van der Waals surface area contributed by atoms with Crippen LogP contribution in [-0.2, 0) is 9.47 Å². The normalized spacial score (nSPS) is 38.1. The Bertz CT molecular complexity index is 1080. The second-order valence-electron chi connectivity index (χ2n) is 10.4. The number of ether oxygens (including phenoxy) is 2. The fourth-order valence-electron chi connectivity index (χ4n) is 7.13. The van der Waals surface area contributed by atoms with Crippen LogP contribution in [0.3, 0.4) is 0 Å². The molecule has 5 atom stereocenters. The minimum absolute atomic E-state index is 0.156. The van der Waals surface area contributed by atoms with E-state index in [0.29, 0.717) is 31.8 Å². The van der Waals surface area contributed by atoms with Crippen molar-refractivity contribution in [3.8, 4) is 11.8 Å². The number of nitrogens with one attached hydrogen (secondary N) is 1. The van der Waals surface area contributed by atoms with Crippen molar-refractivity contribution in [2.75, 3.05) is 20.0 Å². The van der Waals surface area contributed by atoms with Crippen LogP contribution in [0.2, 0.25) is 0 Å². The van der Waals surface area contributed by atoms with E-state index in [9.17, 15) is 5.11 Å². The van der Waals surface area contributed by atoms with Crippen LogP contribution in [0.1, 0.15) is 59.3 Å². The van der Waals surface area contributed by atoms with Crippen molar-refractivity contribution in [3.63, 3.8) is 0 Å². The molecule has 0 radical (unpaired) electrons. The zero-order valence-electron chi connectivity index (χ0n) is 21.7. The zero-order valence-corrected chi connectivity index (χ0v) is 22.5. The van der Waals surface area contributed by atoms with Crippen molar-refractivity contribution in [2.24, 2.45) is 34.0 Å². The SMILES string of the molecule is CC#C[C@]1(O)CC[C@H]2[C@@H]3CC/C(=C/C=N/NC(N)=S)C(CC)=C3[C@@H](C3=C/COCOC/C=C\3)C[C@@]21C. The number of hydrogen-bond donors (Lipinski definition) is 3. The Hall–Kier alpha value is -2.24. The molecule has 0 saturated heterocycles. The van der Waals surface area contributed by atoms with Crippen LogP contribution in [0.25, 0.3) is 0 Å². The number of rotatable bonds is 4. The Labute approximate surface area is 220 Å². The first kappa shape index (κ1) is 26.8. The van der Waals surface area contributed by atoms with Gasteiger partial charge in [-0.05, 0) is 92.3 Å². The van der Waals surface area contributed by atoms with Gasteiger partial charge < -0.3 is 20.3 Å². The quantitative estimate of drug-likeness (QED) is 0.223. The predicted octanol–water partition coefficient (Wildman–Crippen LogP) is 4.53. The second kappa shape index (κ2) is 11.4. The lowest BCUT2D eigenvalue weighted by Crippen LogP contribution is -2.51. The molecule has 4 N–H and O–H groups in total.